The maximum absolute atomic E-state index is 11.2. The van der Waals surface area contributed by atoms with Crippen LogP contribution in [0.15, 0.2) is 11.2 Å². The highest BCUT2D eigenvalue weighted by Crippen LogP contribution is 2.14. The van der Waals surface area contributed by atoms with Gasteiger partial charge in [0.15, 0.2) is 5.16 Å². The molecule has 7 heteroatoms. The fourth-order valence-electron chi connectivity index (χ4n) is 1.06. The first-order chi connectivity index (χ1) is 7.65. The van der Waals surface area contributed by atoms with E-state index in [2.05, 4.69) is 20.6 Å². The van der Waals surface area contributed by atoms with Crippen LogP contribution in [0.1, 0.15) is 6.92 Å². The van der Waals surface area contributed by atoms with E-state index in [0.29, 0.717) is 23.3 Å². The first kappa shape index (κ1) is 12.6. The van der Waals surface area contributed by atoms with Crippen molar-refractivity contribution in [2.45, 2.75) is 12.1 Å². The van der Waals surface area contributed by atoms with Gasteiger partial charge in [-0.2, -0.15) is 0 Å². The molecule has 0 atom stereocenters. The summed E-state index contributed by atoms with van der Waals surface area (Å²) in [5.41, 5.74) is 5.60. The predicted octanol–water partition coefficient (Wildman–Crippen LogP) is 0.329. The van der Waals surface area contributed by atoms with Crippen molar-refractivity contribution in [2.75, 3.05) is 30.4 Å². The minimum absolute atomic E-state index is 0.0783. The number of rotatable bonds is 5. The lowest BCUT2D eigenvalue weighted by atomic mass is 10.5. The zero-order valence-electron chi connectivity index (χ0n) is 9.28. The quantitative estimate of drug-likeness (QED) is 0.508. The van der Waals surface area contributed by atoms with Gasteiger partial charge in [-0.25, -0.2) is 9.97 Å². The molecule has 0 aliphatic rings. The van der Waals surface area contributed by atoms with Crippen molar-refractivity contribution < 1.29 is 4.79 Å². The van der Waals surface area contributed by atoms with Gasteiger partial charge in [-0.15, -0.1) is 0 Å². The number of nitrogens with zero attached hydrogens (tertiary/aromatic N) is 2. The van der Waals surface area contributed by atoms with Crippen LogP contribution in [-0.2, 0) is 4.79 Å². The normalized spacial score (nSPS) is 9.88. The van der Waals surface area contributed by atoms with Crippen LogP contribution in [0.2, 0.25) is 0 Å². The number of nitrogens with one attached hydrogen (secondary N) is 2. The largest absolute Gasteiger partial charge is 0.383 e. The van der Waals surface area contributed by atoms with Crippen LogP contribution < -0.4 is 16.4 Å². The van der Waals surface area contributed by atoms with Crippen molar-refractivity contribution in [3.8, 4) is 0 Å². The number of aromatic nitrogens is 2. The number of carbonyl (C=O) groups is 1. The van der Waals surface area contributed by atoms with Crippen LogP contribution in [0.25, 0.3) is 0 Å². The highest BCUT2D eigenvalue weighted by Gasteiger charge is 2.03. The van der Waals surface area contributed by atoms with E-state index in [1.807, 2.05) is 13.2 Å². The van der Waals surface area contributed by atoms with E-state index in [-0.39, 0.29) is 12.5 Å². The molecule has 6 nitrogen and oxygen atoms in total. The van der Waals surface area contributed by atoms with E-state index in [1.54, 1.807) is 6.07 Å². The van der Waals surface area contributed by atoms with E-state index in [4.69, 9.17) is 5.73 Å². The fourth-order valence-corrected chi connectivity index (χ4v) is 1.44. The molecule has 1 heterocycles. The van der Waals surface area contributed by atoms with Crippen molar-refractivity contribution in [1.82, 2.24) is 15.3 Å². The van der Waals surface area contributed by atoms with Gasteiger partial charge in [0.2, 0.25) is 5.91 Å². The second-order valence-corrected chi connectivity index (χ2v) is 3.75. The molecule has 0 aromatic carbocycles. The van der Waals surface area contributed by atoms with Gasteiger partial charge in [-0.05, 0) is 13.2 Å². The fraction of sp³-hybridized carbons (Fsp3) is 0.444. The second-order valence-electron chi connectivity index (χ2n) is 2.97. The molecule has 1 amide bonds. The minimum atomic E-state index is -0.0783. The van der Waals surface area contributed by atoms with Crippen LogP contribution >= 0.6 is 11.8 Å². The Kier molecular flexibility index (Phi) is 4.84. The number of nitrogens with two attached hydrogens (primary N) is 1. The number of hydrogen-bond acceptors (Lipinski definition) is 6. The summed E-state index contributed by atoms with van der Waals surface area (Å²) in [5, 5.41) is 6.15. The summed E-state index contributed by atoms with van der Waals surface area (Å²) >= 11 is 1.40. The summed E-state index contributed by atoms with van der Waals surface area (Å²) in [7, 11) is 0. The van der Waals surface area contributed by atoms with Crippen molar-refractivity contribution >= 4 is 29.3 Å². The van der Waals surface area contributed by atoms with Crippen LogP contribution in [-0.4, -0.2) is 35.2 Å². The smallest absolute Gasteiger partial charge is 0.239 e. The lowest BCUT2D eigenvalue weighted by Crippen LogP contribution is -2.29. The Hall–Kier alpha value is -1.50. The van der Waals surface area contributed by atoms with E-state index in [9.17, 15) is 4.79 Å². The van der Waals surface area contributed by atoms with Gasteiger partial charge in [-0.1, -0.05) is 11.8 Å². The number of amides is 1. The third-order valence-corrected chi connectivity index (χ3v) is 2.26. The zero-order chi connectivity index (χ0) is 12.0. The monoisotopic (exact) mass is 241 g/mol. The number of nitrogen functional groups attached to an aromatic ring is 1. The lowest BCUT2D eigenvalue weighted by Gasteiger charge is -2.07. The maximum atomic E-state index is 11.2. The zero-order valence-corrected chi connectivity index (χ0v) is 10.1. The van der Waals surface area contributed by atoms with Crippen LogP contribution in [0.3, 0.4) is 0 Å². The lowest BCUT2D eigenvalue weighted by molar-refractivity contribution is -0.119. The number of likely N-dealkylation sites (N-methyl/N-ethyl adjacent to an activating group) is 1. The van der Waals surface area contributed by atoms with E-state index < -0.39 is 0 Å². The molecule has 0 saturated heterocycles. The molecular formula is C9H15N5OS. The number of hydrogen-bond donors (Lipinski definition) is 3. The summed E-state index contributed by atoms with van der Waals surface area (Å²) in [6.07, 6.45) is 1.86. The average Bonchev–Trinajstić information content (AvgIpc) is 2.26. The Morgan fingerprint density at radius 2 is 2.31 bits per heavy atom. The van der Waals surface area contributed by atoms with Crippen LogP contribution in [0, 0.1) is 0 Å². The van der Waals surface area contributed by atoms with Crippen LogP contribution in [0.4, 0.5) is 11.6 Å². The Labute approximate surface area is 98.4 Å². The van der Waals surface area contributed by atoms with Gasteiger partial charge in [0.25, 0.3) is 0 Å². The molecule has 0 saturated carbocycles. The number of anilines is 2. The third-order valence-electron chi connectivity index (χ3n) is 1.71. The minimum Gasteiger partial charge on any atom is -0.383 e. The second kappa shape index (κ2) is 6.16. The van der Waals surface area contributed by atoms with Crippen molar-refractivity contribution in [3.05, 3.63) is 6.07 Å². The Bertz CT molecular complexity index is 371. The Balaban J connectivity index is 2.59. The van der Waals surface area contributed by atoms with Gasteiger partial charge >= 0.3 is 0 Å². The summed E-state index contributed by atoms with van der Waals surface area (Å²) in [4.78, 5) is 19.4. The van der Waals surface area contributed by atoms with Gasteiger partial charge < -0.3 is 16.4 Å². The molecular weight excluding hydrogens is 226 g/mol. The molecule has 4 N–H and O–H groups in total. The molecule has 0 unspecified atom stereocenters. The van der Waals surface area contributed by atoms with Gasteiger partial charge in [0.05, 0.1) is 6.54 Å². The molecule has 88 valence electrons. The molecule has 1 aromatic rings. The molecule has 1 aromatic heterocycles. The summed E-state index contributed by atoms with van der Waals surface area (Å²) in [6.45, 7) is 2.66. The highest BCUT2D eigenvalue weighted by molar-refractivity contribution is 7.98. The van der Waals surface area contributed by atoms with E-state index in [1.165, 1.54) is 11.8 Å². The SMILES string of the molecule is CCNC(=O)CNc1cc(N)nc(SC)n1. The Morgan fingerprint density at radius 3 is 2.94 bits per heavy atom. The van der Waals surface area contributed by atoms with Crippen LogP contribution in [0.5, 0.6) is 0 Å². The van der Waals surface area contributed by atoms with Crippen molar-refractivity contribution in [2.24, 2.45) is 0 Å². The predicted molar refractivity (Wildman–Crippen MR) is 65.4 cm³/mol. The van der Waals surface area contributed by atoms with Gasteiger partial charge in [0, 0.05) is 12.6 Å². The standard InChI is InChI=1S/C9H15N5OS/c1-3-11-8(15)5-12-7-4-6(10)13-9(14-7)16-2/h4H,3,5H2,1-2H3,(H,11,15)(H3,10,12,13,14). The van der Waals surface area contributed by atoms with Gasteiger partial charge in [0.1, 0.15) is 11.6 Å². The van der Waals surface area contributed by atoms with Crippen molar-refractivity contribution in [1.29, 1.82) is 0 Å². The third kappa shape index (κ3) is 3.93. The van der Waals surface area contributed by atoms with Gasteiger partial charge in [-0.3, -0.25) is 4.79 Å². The topological polar surface area (TPSA) is 92.9 Å². The molecule has 0 fully saturated rings. The van der Waals surface area contributed by atoms with Crippen molar-refractivity contribution in [3.63, 3.8) is 0 Å². The first-order valence-corrected chi connectivity index (χ1v) is 6.07. The number of carbonyl (C=O) groups excluding carboxylic acids is 1. The first-order valence-electron chi connectivity index (χ1n) is 4.84. The molecule has 0 radical (unpaired) electrons. The maximum Gasteiger partial charge on any atom is 0.239 e. The molecule has 0 bridgehead atoms. The van der Waals surface area contributed by atoms with E-state index >= 15 is 0 Å². The molecule has 16 heavy (non-hydrogen) atoms. The van der Waals surface area contributed by atoms with E-state index in [0.717, 1.165) is 0 Å². The highest BCUT2D eigenvalue weighted by atomic mass is 32.2. The molecule has 0 spiro atoms. The Morgan fingerprint density at radius 1 is 1.56 bits per heavy atom. The summed E-state index contributed by atoms with van der Waals surface area (Å²) in [6, 6.07) is 1.60. The molecule has 0 aliphatic heterocycles. The average molecular weight is 241 g/mol. The molecule has 1 rings (SSSR count). The number of thioether (sulfide) groups is 1. The molecule has 0 aliphatic carbocycles. The summed E-state index contributed by atoms with van der Waals surface area (Å²) < 4.78 is 0. The summed E-state index contributed by atoms with van der Waals surface area (Å²) in [5.74, 6) is 0.867.